The van der Waals surface area contributed by atoms with E-state index in [-0.39, 0.29) is 0 Å². The van der Waals surface area contributed by atoms with Crippen LogP contribution in [0.5, 0.6) is 5.75 Å². The van der Waals surface area contributed by atoms with Crippen LogP contribution in [0.15, 0.2) is 24.3 Å². The maximum Gasteiger partial charge on any atom is 0.119 e. The summed E-state index contributed by atoms with van der Waals surface area (Å²) >= 11 is 0. The van der Waals surface area contributed by atoms with Crippen LogP contribution in [0.25, 0.3) is 0 Å². The summed E-state index contributed by atoms with van der Waals surface area (Å²) in [5.74, 6) is 0.825. The molecule has 0 radical (unpaired) electrons. The van der Waals surface area contributed by atoms with Crippen molar-refractivity contribution in [2.75, 3.05) is 13.3 Å². The molecule has 0 spiro atoms. The molecule has 16 heavy (non-hydrogen) atoms. The Morgan fingerprint density at radius 1 is 1.25 bits per heavy atom. The van der Waals surface area contributed by atoms with Crippen LogP contribution in [0.2, 0.25) is 0 Å². The number of alkyl halides is 1. The summed E-state index contributed by atoms with van der Waals surface area (Å²) in [7, 11) is 0. The number of benzene rings is 1. The van der Waals surface area contributed by atoms with Gasteiger partial charge in [-0.15, -0.1) is 0 Å². The summed E-state index contributed by atoms with van der Waals surface area (Å²) in [5.41, 5.74) is 6.38. The SMILES string of the molecule is CCCCCOc1ccc(C(N)CF)cc1. The van der Waals surface area contributed by atoms with Crippen LogP contribution in [-0.2, 0) is 0 Å². The van der Waals surface area contributed by atoms with Gasteiger partial charge in [-0.05, 0) is 24.1 Å². The van der Waals surface area contributed by atoms with E-state index >= 15 is 0 Å². The molecule has 2 N–H and O–H groups in total. The van der Waals surface area contributed by atoms with Crippen LogP contribution in [-0.4, -0.2) is 13.3 Å². The van der Waals surface area contributed by atoms with Gasteiger partial charge in [-0.2, -0.15) is 0 Å². The van der Waals surface area contributed by atoms with Gasteiger partial charge >= 0.3 is 0 Å². The van der Waals surface area contributed by atoms with E-state index in [0.29, 0.717) is 0 Å². The summed E-state index contributed by atoms with van der Waals surface area (Å²) in [5, 5.41) is 0. The third-order valence-electron chi connectivity index (χ3n) is 2.49. The third kappa shape index (κ3) is 4.19. The summed E-state index contributed by atoms with van der Waals surface area (Å²) in [4.78, 5) is 0. The molecule has 3 heteroatoms. The summed E-state index contributed by atoms with van der Waals surface area (Å²) in [6.45, 7) is 2.37. The Bertz CT molecular complexity index is 286. The predicted octanol–water partition coefficient (Wildman–Crippen LogP) is 3.22. The van der Waals surface area contributed by atoms with Crippen molar-refractivity contribution in [3.05, 3.63) is 29.8 Å². The molecule has 1 aromatic rings. The fraction of sp³-hybridized carbons (Fsp3) is 0.538. The highest BCUT2D eigenvalue weighted by Crippen LogP contribution is 2.17. The minimum Gasteiger partial charge on any atom is -0.494 e. The minimum atomic E-state index is -0.531. The third-order valence-corrected chi connectivity index (χ3v) is 2.49. The Hall–Kier alpha value is -1.09. The van der Waals surface area contributed by atoms with Gasteiger partial charge in [0.2, 0.25) is 0 Å². The largest absolute Gasteiger partial charge is 0.494 e. The molecule has 90 valence electrons. The number of rotatable bonds is 7. The molecular formula is C13H20FNO. The topological polar surface area (TPSA) is 35.2 Å². The van der Waals surface area contributed by atoms with E-state index in [1.54, 1.807) is 0 Å². The molecule has 0 aliphatic carbocycles. The fourth-order valence-corrected chi connectivity index (χ4v) is 1.44. The first-order valence-corrected chi connectivity index (χ1v) is 5.82. The van der Waals surface area contributed by atoms with E-state index in [1.807, 2.05) is 24.3 Å². The van der Waals surface area contributed by atoms with Crippen LogP contribution in [0, 0.1) is 0 Å². The van der Waals surface area contributed by atoms with Crippen molar-refractivity contribution >= 4 is 0 Å². The van der Waals surface area contributed by atoms with Gasteiger partial charge < -0.3 is 10.5 Å². The Morgan fingerprint density at radius 3 is 2.50 bits per heavy atom. The highest BCUT2D eigenvalue weighted by atomic mass is 19.1. The summed E-state index contributed by atoms with van der Waals surface area (Å²) in [6, 6.07) is 6.81. The summed E-state index contributed by atoms with van der Waals surface area (Å²) < 4.78 is 17.8. The molecule has 1 unspecified atom stereocenters. The van der Waals surface area contributed by atoms with Crippen molar-refractivity contribution in [3.8, 4) is 5.75 Å². The van der Waals surface area contributed by atoms with Crippen molar-refractivity contribution in [2.45, 2.75) is 32.2 Å². The molecule has 1 atom stereocenters. The minimum absolute atomic E-state index is 0.519. The molecule has 2 nitrogen and oxygen atoms in total. The van der Waals surface area contributed by atoms with Gasteiger partial charge in [-0.3, -0.25) is 0 Å². The molecule has 0 bridgehead atoms. The molecule has 0 saturated carbocycles. The maximum atomic E-state index is 12.3. The molecule has 0 aliphatic heterocycles. The second kappa shape index (κ2) is 7.23. The van der Waals surface area contributed by atoms with E-state index in [1.165, 1.54) is 12.8 Å². The molecular weight excluding hydrogens is 205 g/mol. The molecule has 0 aromatic heterocycles. The van der Waals surface area contributed by atoms with Crippen molar-refractivity contribution in [1.29, 1.82) is 0 Å². The van der Waals surface area contributed by atoms with Gasteiger partial charge in [0, 0.05) is 0 Å². The zero-order valence-corrected chi connectivity index (χ0v) is 9.79. The van der Waals surface area contributed by atoms with E-state index in [9.17, 15) is 4.39 Å². The van der Waals surface area contributed by atoms with Crippen molar-refractivity contribution in [2.24, 2.45) is 5.73 Å². The Morgan fingerprint density at radius 2 is 1.94 bits per heavy atom. The molecule has 1 aromatic carbocycles. The first kappa shape index (κ1) is 13.0. The lowest BCUT2D eigenvalue weighted by Crippen LogP contribution is -2.11. The Balaban J connectivity index is 2.39. The summed E-state index contributed by atoms with van der Waals surface area (Å²) in [6.07, 6.45) is 3.45. The van der Waals surface area contributed by atoms with Crippen molar-refractivity contribution in [1.82, 2.24) is 0 Å². The van der Waals surface area contributed by atoms with Crippen LogP contribution in [0.4, 0.5) is 4.39 Å². The lowest BCUT2D eigenvalue weighted by Gasteiger charge is -2.09. The Labute approximate surface area is 96.6 Å². The number of ether oxygens (including phenoxy) is 1. The lowest BCUT2D eigenvalue weighted by atomic mass is 10.1. The predicted molar refractivity (Wildman–Crippen MR) is 64.4 cm³/mol. The monoisotopic (exact) mass is 225 g/mol. The Kier molecular flexibility index (Phi) is 5.86. The first-order chi connectivity index (χ1) is 7.77. The standard InChI is InChI=1S/C13H20FNO/c1-2-3-4-9-16-12-7-5-11(6-8-12)13(15)10-14/h5-8,13H,2-4,9-10,15H2,1H3. The van der Waals surface area contributed by atoms with Crippen molar-refractivity contribution < 1.29 is 9.13 Å². The molecule has 0 aliphatic rings. The van der Waals surface area contributed by atoms with Gasteiger partial charge in [-0.25, -0.2) is 4.39 Å². The average molecular weight is 225 g/mol. The number of hydrogen-bond donors (Lipinski definition) is 1. The van der Waals surface area contributed by atoms with Gasteiger partial charge in [0.25, 0.3) is 0 Å². The fourth-order valence-electron chi connectivity index (χ4n) is 1.44. The second-order valence-corrected chi connectivity index (χ2v) is 3.89. The number of halogens is 1. The van der Waals surface area contributed by atoms with Crippen LogP contribution >= 0.6 is 0 Å². The normalized spacial score (nSPS) is 12.4. The zero-order chi connectivity index (χ0) is 11.8. The molecule has 1 rings (SSSR count). The smallest absolute Gasteiger partial charge is 0.119 e. The average Bonchev–Trinajstić information content (AvgIpc) is 2.34. The van der Waals surface area contributed by atoms with E-state index < -0.39 is 12.7 Å². The highest BCUT2D eigenvalue weighted by molar-refractivity contribution is 5.29. The van der Waals surface area contributed by atoms with Crippen LogP contribution < -0.4 is 10.5 Å². The molecule has 0 heterocycles. The molecule has 0 fully saturated rings. The van der Waals surface area contributed by atoms with E-state index in [2.05, 4.69) is 6.92 Å². The number of nitrogens with two attached hydrogens (primary N) is 1. The van der Waals surface area contributed by atoms with Crippen molar-refractivity contribution in [3.63, 3.8) is 0 Å². The van der Waals surface area contributed by atoms with Crippen LogP contribution in [0.3, 0.4) is 0 Å². The second-order valence-electron chi connectivity index (χ2n) is 3.89. The molecule has 0 saturated heterocycles. The first-order valence-electron chi connectivity index (χ1n) is 5.82. The van der Waals surface area contributed by atoms with Gasteiger partial charge in [0.05, 0.1) is 12.6 Å². The van der Waals surface area contributed by atoms with Gasteiger partial charge in [0.15, 0.2) is 0 Å². The zero-order valence-electron chi connectivity index (χ0n) is 9.79. The molecule has 0 amide bonds. The number of unbranched alkanes of at least 4 members (excludes halogenated alkanes) is 2. The lowest BCUT2D eigenvalue weighted by molar-refractivity contribution is 0.306. The number of hydrogen-bond acceptors (Lipinski definition) is 2. The van der Waals surface area contributed by atoms with Gasteiger partial charge in [0.1, 0.15) is 12.4 Å². The van der Waals surface area contributed by atoms with Crippen LogP contribution in [0.1, 0.15) is 37.8 Å². The quantitative estimate of drug-likeness (QED) is 0.723. The van der Waals surface area contributed by atoms with E-state index in [4.69, 9.17) is 10.5 Å². The van der Waals surface area contributed by atoms with Gasteiger partial charge in [-0.1, -0.05) is 31.9 Å². The highest BCUT2D eigenvalue weighted by Gasteiger charge is 2.04. The maximum absolute atomic E-state index is 12.3. The van der Waals surface area contributed by atoms with E-state index in [0.717, 1.165) is 24.3 Å².